The molecule has 3 nitrogen and oxygen atoms in total. The Balaban J connectivity index is 2.64. The molecule has 0 saturated heterocycles. The zero-order valence-electron chi connectivity index (χ0n) is 8.27. The molecule has 0 aliphatic rings. The summed E-state index contributed by atoms with van der Waals surface area (Å²) in [4.78, 5) is 4.34. The molecule has 0 amide bonds. The zero-order valence-corrected chi connectivity index (χ0v) is 10.7. The summed E-state index contributed by atoms with van der Waals surface area (Å²) < 4.78 is 4.59. The van der Waals surface area contributed by atoms with Gasteiger partial charge in [-0.2, -0.15) is 9.64 Å². The first-order valence-electron chi connectivity index (χ1n) is 4.38. The van der Waals surface area contributed by atoms with Crippen LogP contribution in [0.5, 0.6) is 0 Å². The molecule has 1 aromatic heterocycles. The third kappa shape index (κ3) is 2.14. The van der Waals surface area contributed by atoms with Crippen molar-refractivity contribution in [3.05, 3.63) is 39.2 Å². The van der Waals surface area contributed by atoms with Gasteiger partial charge in [-0.15, -0.1) is 0 Å². The van der Waals surface area contributed by atoms with Crippen LogP contribution in [-0.2, 0) is 0 Å². The average Bonchev–Trinajstić information content (AvgIpc) is 2.65. The van der Waals surface area contributed by atoms with E-state index in [1.54, 1.807) is 6.07 Å². The van der Waals surface area contributed by atoms with Crippen molar-refractivity contribution in [2.24, 2.45) is 4.99 Å². The summed E-state index contributed by atoms with van der Waals surface area (Å²) in [6.07, 6.45) is 0. The van der Waals surface area contributed by atoms with Crippen LogP contribution in [0.4, 0.5) is 5.69 Å². The second-order valence-electron chi connectivity index (χ2n) is 3.04. The van der Waals surface area contributed by atoms with Crippen molar-refractivity contribution < 1.29 is 0 Å². The molecule has 0 bridgehead atoms. The molecule has 0 unspecified atom stereocenters. The van der Waals surface area contributed by atoms with E-state index < -0.39 is 0 Å². The summed E-state index contributed by atoms with van der Waals surface area (Å²) in [7, 11) is 2.68. The zero-order chi connectivity index (χ0) is 11.5. The lowest BCUT2D eigenvalue weighted by molar-refractivity contribution is 1.31. The number of aromatic nitrogens is 1. The molecule has 80 valence electrons. The van der Waals surface area contributed by atoms with Gasteiger partial charge in [0, 0.05) is 10.5 Å². The highest BCUT2D eigenvalue weighted by Gasteiger charge is 2.04. The van der Waals surface area contributed by atoms with Gasteiger partial charge >= 0.3 is 0 Å². The SMILES string of the molecule is Cc1cccc(N=c2ssnc2Cl)c1C#N. The van der Waals surface area contributed by atoms with Gasteiger partial charge in [-0.05, 0) is 28.9 Å². The van der Waals surface area contributed by atoms with E-state index in [4.69, 9.17) is 16.9 Å². The smallest absolute Gasteiger partial charge is 0.179 e. The lowest BCUT2D eigenvalue weighted by atomic mass is 10.1. The minimum Gasteiger partial charge on any atom is -0.233 e. The maximum Gasteiger partial charge on any atom is 0.179 e. The molecule has 2 rings (SSSR count). The maximum absolute atomic E-state index is 9.04. The van der Waals surface area contributed by atoms with Gasteiger partial charge in [-0.1, -0.05) is 23.7 Å². The molecule has 2 aromatic rings. The maximum atomic E-state index is 9.04. The van der Waals surface area contributed by atoms with E-state index in [2.05, 4.69) is 15.4 Å². The monoisotopic (exact) mass is 267 g/mol. The van der Waals surface area contributed by atoms with Crippen molar-refractivity contribution in [1.82, 2.24) is 4.37 Å². The van der Waals surface area contributed by atoms with Gasteiger partial charge in [0.25, 0.3) is 0 Å². The lowest BCUT2D eigenvalue weighted by Crippen LogP contribution is -1.94. The highest BCUT2D eigenvalue weighted by atomic mass is 35.5. The molecular formula is C10H6ClN3S2. The molecule has 6 heteroatoms. The number of halogens is 1. The Bertz CT molecular complexity index is 621. The van der Waals surface area contributed by atoms with Crippen LogP contribution in [0.15, 0.2) is 23.2 Å². The van der Waals surface area contributed by atoms with Crippen LogP contribution in [0.25, 0.3) is 0 Å². The third-order valence-electron chi connectivity index (χ3n) is 1.99. The van der Waals surface area contributed by atoms with E-state index in [0.29, 0.717) is 21.1 Å². The van der Waals surface area contributed by atoms with Crippen LogP contribution in [0.1, 0.15) is 11.1 Å². The summed E-state index contributed by atoms with van der Waals surface area (Å²) in [6.45, 7) is 1.88. The van der Waals surface area contributed by atoms with Crippen molar-refractivity contribution >= 4 is 38.2 Å². The molecule has 0 aliphatic heterocycles. The van der Waals surface area contributed by atoms with E-state index in [1.165, 1.54) is 20.9 Å². The standard InChI is InChI=1S/C10H6ClN3S2/c1-6-3-2-4-8(7(6)5-12)13-10-9(11)14-16-15-10/h2-4H,1H3. The summed E-state index contributed by atoms with van der Waals surface area (Å²) in [5.74, 6) is 0. The first kappa shape index (κ1) is 11.3. The molecule has 1 aromatic carbocycles. The van der Waals surface area contributed by atoms with Crippen LogP contribution in [0, 0.1) is 18.3 Å². The highest BCUT2D eigenvalue weighted by Crippen LogP contribution is 2.21. The fourth-order valence-electron chi connectivity index (χ4n) is 1.23. The summed E-state index contributed by atoms with van der Waals surface area (Å²) in [5.41, 5.74) is 2.13. The molecule has 16 heavy (non-hydrogen) atoms. The number of aryl methyl sites for hydroxylation is 1. The van der Waals surface area contributed by atoms with Gasteiger partial charge in [0.05, 0.1) is 11.3 Å². The number of benzene rings is 1. The van der Waals surface area contributed by atoms with Gasteiger partial charge in [0.1, 0.15) is 6.07 Å². The van der Waals surface area contributed by atoms with Crippen LogP contribution in [0.2, 0.25) is 5.15 Å². The molecule has 0 saturated carbocycles. The topological polar surface area (TPSA) is 49.0 Å². The first-order chi connectivity index (χ1) is 7.72. The van der Waals surface area contributed by atoms with Crippen molar-refractivity contribution in [1.29, 1.82) is 5.26 Å². The third-order valence-corrected chi connectivity index (χ3v) is 4.17. The van der Waals surface area contributed by atoms with Gasteiger partial charge in [-0.25, -0.2) is 4.99 Å². The summed E-state index contributed by atoms with van der Waals surface area (Å²) >= 11 is 5.86. The Hall–Kier alpha value is -1.22. The molecule has 0 spiro atoms. The quantitative estimate of drug-likeness (QED) is 0.745. The van der Waals surface area contributed by atoms with Crippen LogP contribution >= 0.6 is 32.5 Å². The minimum absolute atomic E-state index is 0.389. The van der Waals surface area contributed by atoms with Gasteiger partial charge in [-0.3, -0.25) is 0 Å². The minimum atomic E-state index is 0.389. The van der Waals surface area contributed by atoms with Crippen molar-refractivity contribution in [3.63, 3.8) is 0 Å². The number of nitrogens with zero attached hydrogens (tertiary/aromatic N) is 3. The highest BCUT2D eigenvalue weighted by molar-refractivity contribution is 7.66. The largest absolute Gasteiger partial charge is 0.233 e. The van der Waals surface area contributed by atoms with E-state index in [1.807, 2.05) is 19.1 Å². The van der Waals surface area contributed by atoms with Crippen molar-refractivity contribution in [2.75, 3.05) is 0 Å². The van der Waals surface area contributed by atoms with Gasteiger partial charge in [0.2, 0.25) is 0 Å². The Labute approximate surface area is 105 Å². The Kier molecular flexibility index (Phi) is 3.34. The fourth-order valence-corrected chi connectivity index (χ4v) is 3.21. The van der Waals surface area contributed by atoms with Crippen molar-refractivity contribution in [2.45, 2.75) is 6.92 Å². The normalized spacial score (nSPS) is 11.4. The first-order valence-corrected chi connectivity index (χ1v) is 6.87. The predicted molar refractivity (Wildman–Crippen MR) is 66.1 cm³/mol. The average molecular weight is 268 g/mol. The number of hydrogen-bond acceptors (Lipinski definition) is 5. The van der Waals surface area contributed by atoms with E-state index >= 15 is 0 Å². The summed E-state index contributed by atoms with van der Waals surface area (Å²) in [5, 5.41) is 9.43. The second-order valence-corrected chi connectivity index (χ2v) is 5.23. The van der Waals surface area contributed by atoms with E-state index in [9.17, 15) is 0 Å². The molecule has 0 atom stereocenters. The molecule has 0 radical (unpaired) electrons. The van der Waals surface area contributed by atoms with Gasteiger partial charge < -0.3 is 0 Å². The fraction of sp³-hybridized carbons (Fsp3) is 0.100. The lowest BCUT2D eigenvalue weighted by Gasteiger charge is -1.99. The molecule has 0 aliphatic carbocycles. The Morgan fingerprint density at radius 2 is 2.31 bits per heavy atom. The number of rotatable bonds is 1. The Morgan fingerprint density at radius 3 is 2.94 bits per heavy atom. The van der Waals surface area contributed by atoms with E-state index in [-0.39, 0.29) is 0 Å². The molecule has 1 heterocycles. The van der Waals surface area contributed by atoms with Crippen LogP contribution in [0.3, 0.4) is 0 Å². The van der Waals surface area contributed by atoms with Gasteiger partial charge in [0.15, 0.2) is 9.82 Å². The predicted octanol–water partition coefficient (Wildman–Crippen LogP) is 3.27. The molecule has 0 N–H and O–H groups in total. The summed E-state index contributed by atoms with van der Waals surface area (Å²) in [6, 6.07) is 7.70. The van der Waals surface area contributed by atoms with E-state index in [0.717, 1.165) is 5.56 Å². The van der Waals surface area contributed by atoms with Crippen LogP contribution in [-0.4, -0.2) is 4.37 Å². The number of nitriles is 1. The second kappa shape index (κ2) is 4.74. The van der Waals surface area contributed by atoms with Crippen LogP contribution < -0.4 is 4.67 Å². The molecular weight excluding hydrogens is 262 g/mol. The molecule has 0 fully saturated rings. The number of hydrogen-bond donors (Lipinski definition) is 0. The Morgan fingerprint density at radius 1 is 1.50 bits per heavy atom. The van der Waals surface area contributed by atoms with Crippen molar-refractivity contribution in [3.8, 4) is 6.07 Å².